The molecule has 0 unspecified atom stereocenters. The summed E-state index contributed by atoms with van der Waals surface area (Å²) in [6.07, 6.45) is 2.19. The van der Waals surface area contributed by atoms with Gasteiger partial charge in [0.05, 0.1) is 40.7 Å². The lowest BCUT2D eigenvalue weighted by molar-refractivity contribution is 0.125. The second kappa shape index (κ2) is 9.96. The molecule has 0 atom stereocenters. The van der Waals surface area contributed by atoms with Gasteiger partial charge in [0.2, 0.25) is 0 Å². The molecule has 1 aliphatic heterocycles. The van der Waals surface area contributed by atoms with Crippen LogP contribution < -0.4 is 18.9 Å². The Labute approximate surface area is 190 Å². The van der Waals surface area contributed by atoms with Crippen LogP contribution in [0, 0.1) is 0 Å². The summed E-state index contributed by atoms with van der Waals surface area (Å²) >= 11 is 3.60. The highest BCUT2D eigenvalue weighted by Gasteiger charge is 2.29. The number of nitrogens with zero attached hydrogens (tertiary/aromatic N) is 1. The maximum atomic E-state index is 12.7. The van der Waals surface area contributed by atoms with Crippen LogP contribution in [0.2, 0.25) is 0 Å². The van der Waals surface area contributed by atoms with Crippen LogP contribution in [0.4, 0.5) is 4.79 Å². The van der Waals surface area contributed by atoms with Gasteiger partial charge in [-0.2, -0.15) is 0 Å². The van der Waals surface area contributed by atoms with E-state index in [4.69, 9.17) is 23.7 Å². The number of amides is 1. The van der Waals surface area contributed by atoms with Crippen molar-refractivity contribution in [1.29, 1.82) is 0 Å². The number of hydrogen-bond acceptors (Lipinski definition) is 6. The Morgan fingerprint density at radius 3 is 2.16 bits per heavy atom. The molecule has 0 saturated heterocycles. The minimum absolute atomic E-state index is 0.293. The summed E-state index contributed by atoms with van der Waals surface area (Å²) in [5.74, 6) is 2.43. The lowest BCUT2D eigenvalue weighted by Gasteiger charge is -2.31. The number of ether oxygens (including phenoxy) is 5. The molecule has 2 aromatic rings. The topological polar surface area (TPSA) is 66.5 Å². The van der Waals surface area contributed by atoms with Gasteiger partial charge in [0.1, 0.15) is 0 Å². The molecule has 2 aromatic carbocycles. The summed E-state index contributed by atoms with van der Waals surface area (Å²) in [7, 11) is 6.36. The van der Waals surface area contributed by atoms with E-state index in [0.717, 1.165) is 21.2 Å². The summed E-state index contributed by atoms with van der Waals surface area (Å²) < 4.78 is 27.9. The number of benzene rings is 2. The van der Waals surface area contributed by atoms with Gasteiger partial charge in [0.15, 0.2) is 23.0 Å². The summed E-state index contributed by atoms with van der Waals surface area (Å²) in [6, 6.07) is 7.53. The van der Waals surface area contributed by atoms with E-state index in [1.165, 1.54) is 0 Å². The molecule has 8 heteroatoms. The van der Waals surface area contributed by atoms with Crippen LogP contribution in [-0.4, -0.2) is 52.6 Å². The van der Waals surface area contributed by atoms with Gasteiger partial charge in [0.25, 0.3) is 0 Å². The summed E-state index contributed by atoms with van der Waals surface area (Å²) in [5, 5.41) is 0. The molecular weight excluding hydrogens is 466 g/mol. The molecule has 3 rings (SSSR count). The number of carbonyl (C=O) groups is 1. The molecule has 0 spiro atoms. The molecule has 166 valence electrons. The molecule has 0 fully saturated rings. The normalized spacial score (nSPS) is 14.1. The van der Waals surface area contributed by atoms with Gasteiger partial charge in [-0.15, -0.1) is 0 Å². The number of rotatable bonds is 6. The highest BCUT2D eigenvalue weighted by molar-refractivity contribution is 9.10. The average molecular weight is 492 g/mol. The van der Waals surface area contributed by atoms with Crippen molar-refractivity contribution in [3.8, 4) is 23.0 Å². The van der Waals surface area contributed by atoms with Crippen molar-refractivity contribution in [3.05, 3.63) is 45.4 Å². The number of halogens is 1. The van der Waals surface area contributed by atoms with Crippen molar-refractivity contribution in [2.75, 3.05) is 41.6 Å². The van der Waals surface area contributed by atoms with E-state index in [1.807, 2.05) is 30.3 Å². The third-order valence-corrected chi connectivity index (χ3v) is 5.75. The third-order valence-electron chi connectivity index (χ3n) is 5.06. The Kier molecular flexibility index (Phi) is 7.33. The Morgan fingerprint density at radius 2 is 1.55 bits per heavy atom. The van der Waals surface area contributed by atoms with Gasteiger partial charge < -0.3 is 23.7 Å². The zero-order valence-electron chi connectivity index (χ0n) is 18.3. The molecule has 0 saturated carbocycles. The molecule has 31 heavy (non-hydrogen) atoms. The van der Waals surface area contributed by atoms with Gasteiger partial charge in [-0.05, 0) is 54.8 Å². The largest absolute Gasteiger partial charge is 0.493 e. The van der Waals surface area contributed by atoms with E-state index in [0.29, 0.717) is 48.3 Å². The third kappa shape index (κ3) is 4.58. The van der Waals surface area contributed by atoms with Gasteiger partial charge in [-0.3, -0.25) is 4.90 Å². The maximum Gasteiger partial charge on any atom is 0.414 e. The zero-order valence-corrected chi connectivity index (χ0v) is 19.9. The van der Waals surface area contributed by atoms with E-state index in [2.05, 4.69) is 15.9 Å². The molecule has 0 aromatic heterocycles. The molecule has 0 bridgehead atoms. The SMILES string of the molecule is CCOC(=O)N1CCc2cc(OC)c(OC)cc2/C1=C\c1cc(OC)c(OC)cc1Br. The van der Waals surface area contributed by atoms with Crippen LogP contribution in [0.15, 0.2) is 28.7 Å². The summed E-state index contributed by atoms with van der Waals surface area (Å²) in [5.41, 5.74) is 3.46. The minimum Gasteiger partial charge on any atom is -0.493 e. The quantitative estimate of drug-likeness (QED) is 0.566. The first-order valence-electron chi connectivity index (χ1n) is 9.80. The first-order valence-corrected chi connectivity index (χ1v) is 10.6. The Hall–Kier alpha value is -2.87. The lowest BCUT2D eigenvalue weighted by Crippen LogP contribution is -2.35. The fourth-order valence-corrected chi connectivity index (χ4v) is 3.98. The van der Waals surface area contributed by atoms with E-state index in [9.17, 15) is 4.79 Å². The molecule has 1 heterocycles. The van der Waals surface area contributed by atoms with E-state index in [1.54, 1.807) is 40.3 Å². The average Bonchev–Trinajstić information content (AvgIpc) is 2.79. The van der Waals surface area contributed by atoms with Crippen LogP contribution in [0.3, 0.4) is 0 Å². The fourth-order valence-electron chi connectivity index (χ4n) is 3.54. The fraction of sp³-hybridized carbons (Fsp3) is 0.348. The lowest BCUT2D eigenvalue weighted by atomic mass is 9.94. The first-order chi connectivity index (χ1) is 15.0. The predicted molar refractivity (Wildman–Crippen MR) is 122 cm³/mol. The van der Waals surface area contributed by atoms with E-state index >= 15 is 0 Å². The Balaban J connectivity index is 2.21. The Morgan fingerprint density at radius 1 is 0.968 bits per heavy atom. The van der Waals surface area contributed by atoms with Gasteiger partial charge in [0, 0.05) is 16.6 Å². The van der Waals surface area contributed by atoms with Crippen molar-refractivity contribution < 1.29 is 28.5 Å². The van der Waals surface area contributed by atoms with Crippen molar-refractivity contribution in [2.24, 2.45) is 0 Å². The van der Waals surface area contributed by atoms with Crippen LogP contribution in [-0.2, 0) is 11.2 Å². The molecule has 0 N–H and O–H groups in total. The standard InChI is InChI=1S/C23H26BrNO6/c1-6-31-23(26)25-8-7-14-10-19(27-2)21(29-4)12-16(14)18(25)9-15-11-20(28-3)22(30-5)13-17(15)24/h9-13H,6-8H2,1-5H3/b18-9+. The van der Waals surface area contributed by atoms with Crippen molar-refractivity contribution >= 4 is 33.8 Å². The second-order valence-corrected chi connectivity index (χ2v) is 7.58. The number of methoxy groups -OCH3 is 4. The second-order valence-electron chi connectivity index (χ2n) is 6.72. The molecule has 0 radical (unpaired) electrons. The smallest absolute Gasteiger partial charge is 0.414 e. The summed E-state index contributed by atoms with van der Waals surface area (Å²) in [4.78, 5) is 14.4. The minimum atomic E-state index is -0.397. The molecule has 1 aliphatic rings. The highest BCUT2D eigenvalue weighted by Crippen LogP contribution is 2.40. The highest BCUT2D eigenvalue weighted by atomic mass is 79.9. The molecule has 1 amide bonds. The number of carbonyl (C=O) groups excluding carboxylic acids is 1. The predicted octanol–water partition coefficient (Wildman–Crippen LogP) is 5.00. The molecule has 7 nitrogen and oxygen atoms in total. The first kappa shape index (κ1) is 22.8. The molecular formula is C23H26BrNO6. The summed E-state index contributed by atoms with van der Waals surface area (Å²) in [6.45, 7) is 2.57. The number of hydrogen-bond donors (Lipinski definition) is 0. The van der Waals surface area contributed by atoms with Gasteiger partial charge >= 0.3 is 6.09 Å². The number of fused-ring (bicyclic) bond motifs is 1. The van der Waals surface area contributed by atoms with Crippen LogP contribution in [0.1, 0.15) is 23.6 Å². The van der Waals surface area contributed by atoms with Crippen LogP contribution in [0.5, 0.6) is 23.0 Å². The monoisotopic (exact) mass is 491 g/mol. The zero-order chi connectivity index (χ0) is 22.5. The maximum absolute atomic E-state index is 12.7. The molecule has 0 aliphatic carbocycles. The van der Waals surface area contributed by atoms with Crippen molar-refractivity contribution in [3.63, 3.8) is 0 Å². The van der Waals surface area contributed by atoms with E-state index < -0.39 is 6.09 Å². The van der Waals surface area contributed by atoms with Gasteiger partial charge in [-0.25, -0.2) is 4.79 Å². The Bertz CT molecular complexity index is 1000. The van der Waals surface area contributed by atoms with E-state index in [-0.39, 0.29) is 0 Å². The van der Waals surface area contributed by atoms with Crippen molar-refractivity contribution in [1.82, 2.24) is 4.90 Å². The van der Waals surface area contributed by atoms with Crippen LogP contribution >= 0.6 is 15.9 Å². The van der Waals surface area contributed by atoms with Crippen molar-refractivity contribution in [2.45, 2.75) is 13.3 Å². The van der Waals surface area contributed by atoms with Gasteiger partial charge in [-0.1, -0.05) is 15.9 Å². The van der Waals surface area contributed by atoms with Crippen LogP contribution in [0.25, 0.3) is 11.8 Å².